The van der Waals surface area contributed by atoms with Crippen LogP contribution >= 0.6 is 0 Å². The first-order chi connectivity index (χ1) is 11.2. The third-order valence-electron chi connectivity index (χ3n) is 4.60. The van der Waals surface area contributed by atoms with Crippen LogP contribution in [0.25, 0.3) is 0 Å². The zero-order valence-electron chi connectivity index (χ0n) is 13.5. The second-order valence-electron chi connectivity index (χ2n) is 6.05. The molecule has 3 heteroatoms. The number of carbonyl (C=O) groups is 1. The van der Waals surface area contributed by atoms with E-state index in [2.05, 4.69) is 24.4 Å². The summed E-state index contributed by atoms with van der Waals surface area (Å²) in [6.07, 6.45) is 2.57. The van der Waals surface area contributed by atoms with Gasteiger partial charge in [-0.05, 0) is 42.8 Å². The smallest absolute Gasteiger partial charge is 0.339 e. The van der Waals surface area contributed by atoms with Crippen LogP contribution in [-0.4, -0.2) is 19.1 Å². The summed E-state index contributed by atoms with van der Waals surface area (Å²) < 4.78 is 6.05. The Hall–Kier alpha value is -2.13. The van der Waals surface area contributed by atoms with Crippen LogP contribution in [0.5, 0.6) is 0 Å². The third kappa shape index (κ3) is 3.45. The van der Waals surface area contributed by atoms with Gasteiger partial charge in [-0.15, -0.1) is 0 Å². The average Bonchev–Trinajstić information content (AvgIpc) is 2.63. The van der Waals surface area contributed by atoms with Gasteiger partial charge in [0.15, 0.2) is 0 Å². The fourth-order valence-corrected chi connectivity index (χ4v) is 3.14. The van der Waals surface area contributed by atoms with Gasteiger partial charge in [-0.25, -0.2) is 4.79 Å². The lowest BCUT2D eigenvalue weighted by molar-refractivity contribution is -0.0378. The SMILES string of the molecule is CCc1ccc(C(=O)OC2(c3ccccc3)CCNCC2)cc1. The highest BCUT2D eigenvalue weighted by atomic mass is 16.6. The molecule has 0 radical (unpaired) electrons. The van der Waals surface area contributed by atoms with Crippen LogP contribution in [-0.2, 0) is 16.8 Å². The molecule has 0 amide bonds. The van der Waals surface area contributed by atoms with Gasteiger partial charge < -0.3 is 10.1 Å². The molecule has 2 aromatic carbocycles. The van der Waals surface area contributed by atoms with Crippen LogP contribution in [0.2, 0.25) is 0 Å². The van der Waals surface area contributed by atoms with Crippen molar-refractivity contribution < 1.29 is 9.53 Å². The van der Waals surface area contributed by atoms with Gasteiger partial charge in [0.1, 0.15) is 5.60 Å². The van der Waals surface area contributed by atoms with Crippen molar-refractivity contribution in [3.63, 3.8) is 0 Å². The highest BCUT2D eigenvalue weighted by Gasteiger charge is 2.37. The van der Waals surface area contributed by atoms with E-state index in [-0.39, 0.29) is 5.97 Å². The molecule has 0 aromatic heterocycles. The number of piperidine rings is 1. The summed E-state index contributed by atoms with van der Waals surface area (Å²) >= 11 is 0. The molecule has 0 unspecified atom stereocenters. The van der Waals surface area contributed by atoms with Crippen molar-refractivity contribution in [3.05, 3.63) is 71.3 Å². The van der Waals surface area contributed by atoms with E-state index >= 15 is 0 Å². The van der Waals surface area contributed by atoms with Crippen LogP contribution in [0.3, 0.4) is 0 Å². The Balaban J connectivity index is 1.84. The number of nitrogens with one attached hydrogen (secondary N) is 1. The number of benzene rings is 2. The molecule has 1 aliphatic rings. The maximum absolute atomic E-state index is 12.6. The molecule has 120 valence electrons. The Morgan fingerprint density at radius 3 is 2.30 bits per heavy atom. The normalized spacial score (nSPS) is 16.7. The standard InChI is InChI=1S/C20H23NO2/c1-2-16-8-10-17(11-9-16)19(22)23-20(12-14-21-15-13-20)18-6-4-3-5-7-18/h3-11,21H,2,12-15H2,1H3. The van der Waals surface area contributed by atoms with Gasteiger partial charge >= 0.3 is 5.97 Å². The number of esters is 1. The fraction of sp³-hybridized carbons (Fsp3) is 0.350. The summed E-state index contributed by atoms with van der Waals surface area (Å²) in [6.45, 7) is 3.82. The molecule has 1 N–H and O–H groups in total. The van der Waals surface area contributed by atoms with Crippen molar-refractivity contribution in [2.75, 3.05) is 13.1 Å². The molecule has 1 aliphatic heterocycles. The molecule has 0 spiro atoms. The maximum Gasteiger partial charge on any atom is 0.339 e. The molecule has 2 aromatic rings. The number of hydrogen-bond acceptors (Lipinski definition) is 3. The lowest BCUT2D eigenvalue weighted by Gasteiger charge is -2.37. The van der Waals surface area contributed by atoms with Crippen molar-refractivity contribution in [1.29, 1.82) is 0 Å². The Morgan fingerprint density at radius 1 is 1.04 bits per heavy atom. The number of ether oxygens (including phenoxy) is 1. The van der Waals surface area contributed by atoms with E-state index in [4.69, 9.17) is 4.74 Å². The summed E-state index contributed by atoms with van der Waals surface area (Å²) in [7, 11) is 0. The summed E-state index contributed by atoms with van der Waals surface area (Å²) in [5, 5.41) is 3.35. The van der Waals surface area contributed by atoms with Crippen molar-refractivity contribution in [3.8, 4) is 0 Å². The second kappa shape index (κ2) is 6.97. The van der Waals surface area contributed by atoms with Crippen LogP contribution in [0.15, 0.2) is 54.6 Å². The molecular weight excluding hydrogens is 286 g/mol. The maximum atomic E-state index is 12.6. The minimum absolute atomic E-state index is 0.238. The van der Waals surface area contributed by atoms with Crippen molar-refractivity contribution in [2.45, 2.75) is 31.8 Å². The number of carbonyl (C=O) groups excluding carboxylic acids is 1. The largest absolute Gasteiger partial charge is 0.450 e. The van der Waals surface area contributed by atoms with E-state index in [0.717, 1.165) is 37.9 Å². The topological polar surface area (TPSA) is 38.3 Å². The van der Waals surface area contributed by atoms with Crippen molar-refractivity contribution >= 4 is 5.97 Å². The monoisotopic (exact) mass is 309 g/mol. The van der Waals surface area contributed by atoms with Gasteiger partial charge in [0.25, 0.3) is 0 Å². The molecule has 3 rings (SSSR count). The molecule has 1 saturated heterocycles. The first-order valence-electron chi connectivity index (χ1n) is 8.32. The molecule has 1 fully saturated rings. The Labute approximate surface area is 137 Å². The minimum atomic E-state index is -0.521. The summed E-state index contributed by atoms with van der Waals surface area (Å²) in [5.74, 6) is -0.238. The molecule has 3 nitrogen and oxygen atoms in total. The molecular formula is C20H23NO2. The van der Waals surface area contributed by atoms with Crippen molar-refractivity contribution in [1.82, 2.24) is 5.32 Å². The van der Waals surface area contributed by atoms with E-state index in [0.29, 0.717) is 5.56 Å². The summed E-state index contributed by atoms with van der Waals surface area (Å²) in [4.78, 5) is 12.6. The molecule has 0 aliphatic carbocycles. The number of rotatable bonds is 4. The van der Waals surface area contributed by atoms with Crippen LogP contribution in [0.1, 0.15) is 41.3 Å². The highest BCUT2D eigenvalue weighted by Crippen LogP contribution is 2.35. The Morgan fingerprint density at radius 2 is 1.70 bits per heavy atom. The van der Waals surface area contributed by atoms with E-state index in [1.54, 1.807) is 0 Å². The predicted octanol–water partition coefficient (Wildman–Crippen LogP) is 3.68. The summed E-state index contributed by atoms with van der Waals surface area (Å²) in [6, 6.07) is 17.8. The molecule has 0 bridgehead atoms. The average molecular weight is 309 g/mol. The first kappa shape index (κ1) is 15.8. The van der Waals surface area contributed by atoms with Gasteiger partial charge in [0.2, 0.25) is 0 Å². The van der Waals surface area contributed by atoms with Crippen LogP contribution in [0.4, 0.5) is 0 Å². The van der Waals surface area contributed by atoms with Gasteiger partial charge in [-0.3, -0.25) is 0 Å². The van der Waals surface area contributed by atoms with Gasteiger partial charge in [-0.2, -0.15) is 0 Å². The molecule has 0 atom stereocenters. The lowest BCUT2D eigenvalue weighted by Crippen LogP contribution is -2.43. The van der Waals surface area contributed by atoms with Gasteiger partial charge in [0.05, 0.1) is 5.56 Å². The molecule has 0 saturated carbocycles. The van der Waals surface area contributed by atoms with Gasteiger partial charge in [0, 0.05) is 12.8 Å². The van der Waals surface area contributed by atoms with E-state index in [1.165, 1.54) is 5.56 Å². The Bertz CT molecular complexity index is 643. The van der Waals surface area contributed by atoms with Crippen molar-refractivity contribution in [2.24, 2.45) is 0 Å². The van der Waals surface area contributed by atoms with E-state index < -0.39 is 5.60 Å². The molecule has 23 heavy (non-hydrogen) atoms. The van der Waals surface area contributed by atoms with Crippen LogP contribution in [0, 0.1) is 0 Å². The fourth-order valence-electron chi connectivity index (χ4n) is 3.14. The highest BCUT2D eigenvalue weighted by molar-refractivity contribution is 5.89. The zero-order valence-corrected chi connectivity index (χ0v) is 13.5. The molecule has 1 heterocycles. The summed E-state index contributed by atoms with van der Waals surface area (Å²) in [5.41, 5.74) is 2.41. The van der Waals surface area contributed by atoms with Crippen LogP contribution < -0.4 is 5.32 Å². The first-order valence-corrected chi connectivity index (χ1v) is 8.32. The quantitative estimate of drug-likeness (QED) is 0.876. The van der Waals surface area contributed by atoms with E-state index in [1.807, 2.05) is 42.5 Å². The number of hydrogen-bond donors (Lipinski definition) is 1. The third-order valence-corrected chi connectivity index (χ3v) is 4.60. The van der Waals surface area contributed by atoms with Gasteiger partial charge in [-0.1, -0.05) is 49.4 Å². The lowest BCUT2D eigenvalue weighted by atomic mass is 9.84. The predicted molar refractivity (Wildman–Crippen MR) is 91.5 cm³/mol. The minimum Gasteiger partial charge on any atom is -0.450 e. The Kier molecular flexibility index (Phi) is 4.77. The van der Waals surface area contributed by atoms with E-state index in [9.17, 15) is 4.79 Å². The number of aryl methyl sites for hydroxylation is 1. The zero-order chi connectivity index (χ0) is 16.1. The second-order valence-corrected chi connectivity index (χ2v) is 6.05.